The molecule has 0 spiro atoms. The van der Waals surface area contributed by atoms with E-state index in [2.05, 4.69) is 40.0 Å². The van der Waals surface area contributed by atoms with Gasteiger partial charge in [-0.2, -0.15) is 0 Å². The van der Waals surface area contributed by atoms with Crippen molar-refractivity contribution in [1.82, 2.24) is 20.2 Å². The predicted octanol–water partition coefficient (Wildman–Crippen LogP) is 2.56. The number of Topliss-reactive ketones (excluding diaryl/α,β-unsaturated/α-hetero) is 1. The lowest BCUT2D eigenvalue weighted by Gasteiger charge is -2.35. The quantitative estimate of drug-likeness (QED) is 0.873. The molecule has 4 heterocycles. The Morgan fingerprint density at radius 3 is 2.67 bits per heavy atom. The van der Waals surface area contributed by atoms with Gasteiger partial charge in [0.2, 0.25) is 0 Å². The first-order valence-electron chi connectivity index (χ1n) is 9.73. The van der Waals surface area contributed by atoms with Crippen LogP contribution in [0.15, 0.2) is 24.5 Å². The molecule has 0 aliphatic carbocycles. The summed E-state index contributed by atoms with van der Waals surface area (Å²) in [6.45, 7) is 9.06. The highest BCUT2D eigenvalue weighted by atomic mass is 32.1. The van der Waals surface area contributed by atoms with Gasteiger partial charge < -0.3 is 10.2 Å². The molecule has 2 aliphatic rings. The highest BCUT2D eigenvalue weighted by molar-refractivity contribution is 7.15. The second-order valence-electron chi connectivity index (χ2n) is 7.69. The van der Waals surface area contributed by atoms with Crippen molar-refractivity contribution in [2.75, 3.05) is 31.1 Å². The van der Waals surface area contributed by atoms with Crippen LogP contribution in [0.1, 0.15) is 31.6 Å². The Balaban J connectivity index is 1.51. The van der Waals surface area contributed by atoms with E-state index in [9.17, 15) is 4.79 Å². The van der Waals surface area contributed by atoms with Crippen molar-refractivity contribution in [3.63, 3.8) is 0 Å². The number of pyridine rings is 1. The maximum atomic E-state index is 11.6. The van der Waals surface area contributed by atoms with Gasteiger partial charge in [-0.25, -0.2) is 9.97 Å². The van der Waals surface area contributed by atoms with Gasteiger partial charge in [-0.15, -0.1) is 11.3 Å². The molecule has 144 valence electrons. The van der Waals surface area contributed by atoms with Crippen LogP contribution in [0, 0.1) is 0 Å². The molecule has 6 nitrogen and oxygen atoms in total. The number of ketones is 1. The van der Waals surface area contributed by atoms with Crippen molar-refractivity contribution < 1.29 is 4.79 Å². The SMILES string of the molecule is C[C@@H]1CN(Cc2cnc(-c3cccnc3N3CCC(=O)CC3)s2)C[C@H](C)N1. The Hall–Kier alpha value is -1.83. The number of nitrogens with one attached hydrogen (secondary N) is 1. The average Bonchev–Trinajstić information content (AvgIpc) is 3.10. The van der Waals surface area contributed by atoms with Crippen molar-refractivity contribution in [3.8, 4) is 10.6 Å². The molecule has 27 heavy (non-hydrogen) atoms. The van der Waals surface area contributed by atoms with Crippen molar-refractivity contribution in [2.45, 2.75) is 45.3 Å². The van der Waals surface area contributed by atoms with E-state index >= 15 is 0 Å². The summed E-state index contributed by atoms with van der Waals surface area (Å²) in [5.41, 5.74) is 1.07. The number of hydrogen-bond acceptors (Lipinski definition) is 7. The number of rotatable bonds is 4. The van der Waals surface area contributed by atoms with E-state index in [1.807, 2.05) is 18.5 Å². The second-order valence-corrected chi connectivity index (χ2v) is 8.81. The van der Waals surface area contributed by atoms with E-state index in [1.165, 1.54) is 4.88 Å². The summed E-state index contributed by atoms with van der Waals surface area (Å²) in [4.78, 5) is 26.9. The van der Waals surface area contributed by atoms with Crippen LogP contribution in [-0.4, -0.2) is 58.9 Å². The number of nitrogens with zero attached hydrogens (tertiary/aromatic N) is 4. The smallest absolute Gasteiger partial charge is 0.138 e. The van der Waals surface area contributed by atoms with Crippen molar-refractivity contribution >= 4 is 22.9 Å². The molecule has 2 aromatic rings. The van der Waals surface area contributed by atoms with Crippen LogP contribution in [-0.2, 0) is 11.3 Å². The molecule has 0 radical (unpaired) electrons. The topological polar surface area (TPSA) is 61.4 Å². The van der Waals surface area contributed by atoms with E-state index < -0.39 is 0 Å². The average molecular weight is 386 g/mol. The zero-order valence-corrected chi connectivity index (χ0v) is 16.8. The lowest BCUT2D eigenvalue weighted by atomic mass is 10.1. The third-order valence-corrected chi connectivity index (χ3v) is 6.22. The van der Waals surface area contributed by atoms with Crippen LogP contribution in [0.2, 0.25) is 0 Å². The van der Waals surface area contributed by atoms with Crippen molar-refractivity contribution in [3.05, 3.63) is 29.4 Å². The monoisotopic (exact) mass is 385 g/mol. The summed E-state index contributed by atoms with van der Waals surface area (Å²) >= 11 is 1.75. The molecule has 1 N–H and O–H groups in total. The normalized spacial score (nSPS) is 24.4. The molecule has 0 saturated carbocycles. The molecule has 4 rings (SSSR count). The number of carbonyl (C=O) groups is 1. The van der Waals surface area contributed by atoms with Crippen molar-refractivity contribution in [1.29, 1.82) is 0 Å². The Morgan fingerprint density at radius 1 is 1.19 bits per heavy atom. The summed E-state index contributed by atoms with van der Waals surface area (Å²) in [6.07, 6.45) is 5.05. The number of anilines is 1. The fourth-order valence-corrected chi connectivity index (χ4v) is 5.05. The maximum absolute atomic E-state index is 11.6. The number of aromatic nitrogens is 2. The summed E-state index contributed by atoms with van der Waals surface area (Å²) in [7, 11) is 0. The van der Waals surface area contributed by atoms with Crippen LogP contribution < -0.4 is 10.2 Å². The zero-order chi connectivity index (χ0) is 18.8. The molecule has 2 aromatic heterocycles. The van der Waals surface area contributed by atoms with Gasteiger partial charge >= 0.3 is 0 Å². The van der Waals surface area contributed by atoms with Crippen LogP contribution >= 0.6 is 11.3 Å². The Labute approximate surface area is 164 Å². The lowest BCUT2D eigenvalue weighted by molar-refractivity contribution is -0.119. The lowest BCUT2D eigenvalue weighted by Crippen LogP contribution is -2.53. The maximum Gasteiger partial charge on any atom is 0.138 e. The molecule has 7 heteroatoms. The fourth-order valence-electron chi connectivity index (χ4n) is 4.08. The number of piperazine rings is 1. The molecule has 2 atom stereocenters. The summed E-state index contributed by atoms with van der Waals surface area (Å²) in [5, 5.41) is 4.60. The van der Waals surface area contributed by atoms with E-state index in [0.29, 0.717) is 30.7 Å². The number of thiazole rings is 1. The van der Waals surface area contributed by atoms with Gasteiger partial charge in [0.25, 0.3) is 0 Å². The zero-order valence-electron chi connectivity index (χ0n) is 16.0. The predicted molar refractivity (Wildman–Crippen MR) is 109 cm³/mol. The second kappa shape index (κ2) is 8.04. The van der Waals surface area contributed by atoms with Gasteiger partial charge in [0.05, 0.1) is 5.56 Å². The van der Waals surface area contributed by atoms with Crippen LogP contribution in [0.3, 0.4) is 0 Å². The third kappa shape index (κ3) is 4.36. The van der Waals surface area contributed by atoms with E-state index in [1.54, 1.807) is 11.3 Å². The van der Waals surface area contributed by atoms with E-state index in [0.717, 1.165) is 49.1 Å². The Kier molecular flexibility index (Phi) is 5.52. The molecule has 2 aliphatic heterocycles. The number of carbonyl (C=O) groups excluding carboxylic acids is 1. The summed E-state index contributed by atoms with van der Waals surface area (Å²) < 4.78 is 0. The van der Waals surface area contributed by atoms with Gasteiger partial charge in [-0.05, 0) is 26.0 Å². The first kappa shape index (κ1) is 18.5. The van der Waals surface area contributed by atoms with Crippen LogP contribution in [0.25, 0.3) is 10.6 Å². The highest BCUT2D eigenvalue weighted by Crippen LogP contribution is 2.33. The summed E-state index contributed by atoms with van der Waals surface area (Å²) in [6, 6.07) is 5.10. The molecule has 0 bridgehead atoms. The molecule has 0 unspecified atom stereocenters. The van der Waals surface area contributed by atoms with Gasteiger partial charge in [0, 0.05) is 74.9 Å². The minimum atomic E-state index is 0.347. The first-order chi connectivity index (χ1) is 13.1. The van der Waals surface area contributed by atoms with Gasteiger partial charge in [0.15, 0.2) is 0 Å². The molecule has 0 aromatic carbocycles. The molecular weight excluding hydrogens is 358 g/mol. The molecule has 2 saturated heterocycles. The van der Waals surface area contributed by atoms with Gasteiger partial charge in [-0.3, -0.25) is 9.69 Å². The highest BCUT2D eigenvalue weighted by Gasteiger charge is 2.23. The standard InChI is InChI=1S/C20H27N5OS/c1-14-11-24(12-15(2)23-14)13-17-10-22-20(27-17)18-4-3-7-21-19(18)25-8-5-16(26)6-9-25/h3-4,7,10,14-15,23H,5-6,8-9,11-13H2,1-2H3/t14-,15+. The Bertz CT molecular complexity index is 787. The molecule has 0 amide bonds. The minimum absolute atomic E-state index is 0.347. The van der Waals surface area contributed by atoms with Gasteiger partial charge in [-0.1, -0.05) is 0 Å². The minimum Gasteiger partial charge on any atom is -0.355 e. The molecular formula is C20H27N5OS. The number of piperidine rings is 1. The largest absolute Gasteiger partial charge is 0.355 e. The van der Waals surface area contributed by atoms with Gasteiger partial charge in [0.1, 0.15) is 16.6 Å². The molecule has 2 fully saturated rings. The first-order valence-corrected chi connectivity index (χ1v) is 10.6. The van der Waals surface area contributed by atoms with Crippen LogP contribution in [0.5, 0.6) is 0 Å². The number of hydrogen-bond donors (Lipinski definition) is 1. The fraction of sp³-hybridized carbons (Fsp3) is 0.550. The summed E-state index contributed by atoms with van der Waals surface area (Å²) in [5.74, 6) is 1.30. The third-order valence-electron chi connectivity index (χ3n) is 5.20. The van der Waals surface area contributed by atoms with Crippen molar-refractivity contribution in [2.24, 2.45) is 0 Å². The Morgan fingerprint density at radius 2 is 1.93 bits per heavy atom. The van der Waals surface area contributed by atoms with Crippen LogP contribution in [0.4, 0.5) is 5.82 Å². The van der Waals surface area contributed by atoms with E-state index in [-0.39, 0.29) is 0 Å². The van der Waals surface area contributed by atoms with E-state index in [4.69, 9.17) is 4.98 Å².